The minimum atomic E-state index is -0.470. The number of hydrogen-bond acceptors (Lipinski definition) is 5. The van der Waals surface area contributed by atoms with Crippen LogP contribution in [0.4, 0.5) is 5.69 Å². The molecule has 114 valence electrons. The maximum atomic E-state index is 11.8. The Labute approximate surface area is 136 Å². The van der Waals surface area contributed by atoms with Crippen molar-refractivity contribution in [3.05, 3.63) is 63.2 Å². The molecule has 7 heteroatoms. The minimum Gasteiger partial charge on any atom is -0.424 e. The summed E-state index contributed by atoms with van der Waals surface area (Å²) in [4.78, 5) is 22.6. The largest absolute Gasteiger partial charge is 0.424 e. The van der Waals surface area contributed by atoms with Gasteiger partial charge in [0.15, 0.2) is 0 Å². The molecule has 0 amide bonds. The van der Waals surface area contributed by atoms with E-state index in [0.29, 0.717) is 10.8 Å². The fraction of sp³-hybridized carbons (Fsp3) is 0.133. The Kier molecular flexibility index (Phi) is 5.41. The van der Waals surface area contributed by atoms with Gasteiger partial charge in [-0.2, -0.15) is 0 Å². The van der Waals surface area contributed by atoms with Gasteiger partial charge in [0.25, 0.3) is 5.69 Å². The molecule has 2 aromatic rings. The van der Waals surface area contributed by atoms with E-state index in [1.807, 2.05) is 13.0 Å². The molecule has 0 saturated heterocycles. The molecule has 0 spiro atoms. The number of thioether (sulfide) groups is 1. The van der Waals surface area contributed by atoms with Crippen LogP contribution in [-0.2, 0) is 4.79 Å². The fourth-order valence-corrected chi connectivity index (χ4v) is 2.48. The number of non-ortho nitro benzene ring substituents is 1. The van der Waals surface area contributed by atoms with Crippen molar-refractivity contribution < 1.29 is 14.5 Å². The number of nitrogens with zero attached hydrogens (tertiary/aromatic N) is 1. The third kappa shape index (κ3) is 4.47. The Bertz CT molecular complexity index is 703. The number of nitro benzene ring substituents is 1. The highest BCUT2D eigenvalue weighted by Crippen LogP contribution is 2.26. The van der Waals surface area contributed by atoms with E-state index in [9.17, 15) is 14.9 Å². The Morgan fingerprint density at radius 3 is 2.59 bits per heavy atom. The molecule has 0 aromatic heterocycles. The van der Waals surface area contributed by atoms with Gasteiger partial charge in [-0.05, 0) is 36.8 Å². The molecule has 2 rings (SSSR count). The zero-order valence-electron chi connectivity index (χ0n) is 11.6. The standard InChI is InChI=1S/C15H12ClNO4S/c1-10-2-7-13(16)14(8-10)21-15(18)9-22-12-5-3-11(4-6-12)17(19)20/h2-8H,9H2,1H3. The van der Waals surface area contributed by atoms with Crippen LogP contribution >= 0.6 is 23.4 Å². The number of carbonyl (C=O) groups excluding carboxylic acids is 1. The number of ether oxygens (including phenoxy) is 1. The number of carbonyl (C=O) groups is 1. The molecule has 0 N–H and O–H groups in total. The van der Waals surface area contributed by atoms with Crippen molar-refractivity contribution in [3.63, 3.8) is 0 Å². The lowest BCUT2D eigenvalue weighted by molar-refractivity contribution is -0.384. The second kappa shape index (κ2) is 7.29. The second-order valence-electron chi connectivity index (χ2n) is 4.45. The van der Waals surface area contributed by atoms with Gasteiger partial charge in [-0.15, -0.1) is 11.8 Å². The van der Waals surface area contributed by atoms with Crippen molar-refractivity contribution in [1.29, 1.82) is 0 Å². The van der Waals surface area contributed by atoms with Crippen LogP contribution in [0.1, 0.15) is 5.56 Å². The Balaban J connectivity index is 1.92. The SMILES string of the molecule is Cc1ccc(Cl)c(OC(=O)CSc2ccc([N+](=O)[O-])cc2)c1. The van der Waals surface area contributed by atoms with E-state index in [4.69, 9.17) is 16.3 Å². The Morgan fingerprint density at radius 2 is 1.95 bits per heavy atom. The van der Waals surface area contributed by atoms with Crippen LogP contribution in [0.2, 0.25) is 5.02 Å². The van der Waals surface area contributed by atoms with Crippen LogP contribution in [-0.4, -0.2) is 16.6 Å². The zero-order chi connectivity index (χ0) is 16.1. The summed E-state index contributed by atoms with van der Waals surface area (Å²) in [6.45, 7) is 1.87. The molecule has 0 fully saturated rings. The van der Waals surface area contributed by atoms with Gasteiger partial charge in [-0.25, -0.2) is 0 Å². The molecule has 0 radical (unpaired) electrons. The van der Waals surface area contributed by atoms with Crippen molar-refractivity contribution in [1.82, 2.24) is 0 Å². The molecule has 0 aliphatic carbocycles. The van der Waals surface area contributed by atoms with E-state index in [1.54, 1.807) is 24.3 Å². The maximum absolute atomic E-state index is 11.8. The fourth-order valence-electron chi connectivity index (χ4n) is 1.65. The minimum absolute atomic E-state index is 0.0125. The molecule has 2 aromatic carbocycles. The first kappa shape index (κ1) is 16.3. The van der Waals surface area contributed by atoms with Crippen LogP contribution in [0.5, 0.6) is 5.75 Å². The summed E-state index contributed by atoms with van der Waals surface area (Å²) in [5, 5.41) is 10.9. The van der Waals surface area contributed by atoms with E-state index in [-0.39, 0.29) is 11.4 Å². The predicted molar refractivity (Wildman–Crippen MR) is 85.6 cm³/mol. The molecular weight excluding hydrogens is 326 g/mol. The number of halogens is 1. The second-order valence-corrected chi connectivity index (χ2v) is 5.90. The molecule has 0 aliphatic heterocycles. The number of esters is 1. The van der Waals surface area contributed by atoms with Gasteiger partial charge in [0.2, 0.25) is 0 Å². The zero-order valence-corrected chi connectivity index (χ0v) is 13.2. The first-order chi connectivity index (χ1) is 10.5. The van der Waals surface area contributed by atoms with Crippen molar-refractivity contribution in [2.45, 2.75) is 11.8 Å². The van der Waals surface area contributed by atoms with Crippen molar-refractivity contribution >= 4 is 35.0 Å². The van der Waals surface area contributed by atoms with E-state index in [1.165, 1.54) is 23.9 Å². The van der Waals surface area contributed by atoms with E-state index in [0.717, 1.165) is 10.5 Å². The third-order valence-electron chi connectivity index (χ3n) is 2.71. The summed E-state index contributed by atoms with van der Waals surface area (Å²) in [7, 11) is 0. The molecule has 0 unspecified atom stereocenters. The lowest BCUT2D eigenvalue weighted by Gasteiger charge is -2.07. The van der Waals surface area contributed by atoms with Crippen LogP contribution in [0, 0.1) is 17.0 Å². The van der Waals surface area contributed by atoms with Crippen molar-refractivity contribution in [2.75, 3.05) is 5.75 Å². The van der Waals surface area contributed by atoms with Gasteiger partial charge in [0.1, 0.15) is 5.75 Å². The first-order valence-corrected chi connectivity index (χ1v) is 7.66. The van der Waals surface area contributed by atoms with Gasteiger partial charge >= 0.3 is 5.97 Å². The topological polar surface area (TPSA) is 69.4 Å². The highest BCUT2D eigenvalue weighted by atomic mass is 35.5. The van der Waals surface area contributed by atoms with Gasteiger partial charge < -0.3 is 4.74 Å². The number of benzene rings is 2. The van der Waals surface area contributed by atoms with Crippen molar-refractivity contribution in [2.24, 2.45) is 0 Å². The van der Waals surface area contributed by atoms with Crippen LogP contribution in [0.3, 0.4) is 0 Å². The third-order valence-corrected chi connectivity index (χ3v) is 4.01. The predicted octanol–water partition coefficient (Wildman–Crippen LogP) is 4.25. The van der Waals surface area contributed by atoms with Crippen molar-refractivity contribution in [3.8, 4) is 5.75 Å². The first-order valence-electron chi connectivity index (χ1n) is 6.30. The molecule has 5 nitrogen and oxygen atoms in total. The molecule has 22 heavy (non-hydrogen) atoms. The average molecular weight is 338 g/mol. The lowest BCUT2D eigenvalue weighted by atomic mass is 10.2. The quantitative estimate of drug-likeness (QED) is 0.268. The summed E-state index contributed by atoms with van der Waals surface area (Å²) in [5.41, 5.74) is 0.952. The smallest absolute Gasteiger partial charge is 0.321 e. The molecule has 0 bridgehead atoms. The van der Waals surface area contributed by atoms with Gasteiger partial charge in [-0.1, -0.05) is 17.7 Å². The van der Waals surface area contributed by atoms with Gasteiger partial charge in [-0.3, -0.25) is 14.9 Å². The number of rotatable bonds is 5. The molecule has 0 heterocycles. The lowest BCUT2D eigenvalue weighted by Crippen LogP contribution is -2.11. The van der Waals surface area contributed by atoms with Crippen LogP contribution in [0.25, 0.3) is 0 Å². The summed E-state index contributed by atoms with van der Waals surface area (Å²) in [6.07, 6.45) is 0. The average Bonchev–Trinajstić information content (AvgIpc) is 2.49. The molecule has 0 atom stereocenters. The van der Waals surface area contributed by atoms with Gasteiger partial charge in [0.05, 0.1) is 15.7 Å². The Hall–Kier alpha value is -2.05. The number of nitro groups is 1. The molecule has 0 saturated carbocycles. The molecule has 0 aliphatic rings. The van der Waals surface area contributed by atoms with E-state index < -0.39 is 10.9 Å². The highest BCUT2D eigenvalue weighted by molar-refractivity contribution is 8.00. The summed E-state index contributed by atoms with van der Waals surface area (Å²) in [5.74, 6) is -0.0194. The summed E-state index contributed by atoms with van der Waals surface area (Å²) >= 11 is 7.19. The monoisotopic (exact) mass is 337 g/mol. The van der Waals surface area contributed by atoms with E-state index in [2.05, 4.69) is 0 Å². The Morgan fingerprint density at radius 1 is 1.27 bits per heavy atom. The highest BCUT2D eigenvalue weighted by Gasteiger charge is 2.10. The van der Waals surface area contributed by atoms with E-state index >= 15 is 0 Å². The van der Waals surface area contributed by atoms with Crippen LogP contribution < -0.4 is 4.74 Å². The van der Waals surface area contributed by atoms with Gasteiger partial charge in [0, 0.05) is 17.0 Å². The molecular formula is C15H12ClNO4S. The number of aryl methyl sites for hydroxylation is 1. The number of hydrogen-bond donors (Lipinski definition) is 0. The normalized spacial score (nSPS) is 10.3. The summed E-state index contributed by atoms with van der Waals surface area (Å²) in [6, 6.07) is 11.2. The summed E-state index contributed by atoms with van der Waals surface area (Å²) < 4.78 is 5.21. The maximum Gasteiger partial charge on any atom is 0.321 e. The van der Waals surface area contributed by atoms with Crippen LogP contribution in [0.15, 0.2) is 47.4 Å².